The van der Waals surface area contributed by atoms with Gasteiger partial charge in [0.15, 0.2) is 0 Å². The first kappa shape index (κ1) is 15.0. The van der Waals surface area contributed by atoms with Crippen molar-refractivity contribution >= 4 is 15.9 Å². The van der Waals surface area contributed by atoms with E-state index in [2.05, 4.69) is 12.2 Å². The van der Waals surface area contributed by atoms with E-state index in [4.69, 9.17) is 0 Å². The van der Waals surface area contributed by atoms with Gasteiger partial charge in [-0.25, -0.2) is 8.42 Å². The topological polar surface area (TPSA) is 57.7 Å². The molecule has 0 aromatic heterocycles. The highest BCUT2D eigenvalue weighted by molar-refractivity contribution is 7.88. The Balaban J connectivity index is 1.73. The summed E-state index contributed by atoms with van der Waals surface area (Å²) < 4.78 is 25.3. The van der Waals surface area contributed by atoms with Gasteiger partial charge in [-0.2, -0.15) is 4.31 Å². The van der Waals surface area contributed by atoms with Crippen molar-refractivity contribution in [2.45, 2.75) is 38.6 Å². The monoisotopic (exact) mass is 312 g/mol. The van der Waals surface area contributed by atoms with Crippen molar-refractivity contribution in [3.8, 4) is 0 Å². The molecule has 1 unspecified atom stereocenters. The van der Waals surface area contributed by atoms with E-state index in [0.29, 0.717) is 19.0 Å². The van der Waals surface area contributed by atoms with Crippen molar-refractivity contribution in [1.29, 1.82) is 0 Å². The van der Waals surface area contributed by atoms with Gasteiger partial charge in [0, 0.05) is 25.7 Å². The van der Waals surface area contributed by atoms with E-state index in [1.807, 2.05) is 11.8 Å². The third-order valence-corrected chi connectivity index (χ3v) is 6.63. The summed E-state index contributed by atoms with van der Waals surface area (Å²) in [7, 11) is -3.16. The normalized spacial score (nSPS) is 37.0. The molecule has 118 valence electrons. The SMILES string of the molecule is CC1(C(=O)N2C[C@H]3CCN(S(C)(=O)=O)[C@H]3C2)CC=CCC1. The fourth-order valence-corrected chi connectivity index (χ4v) is 5.21. The van der Waals surface area contributed by atoms with Crippen molar-refractivity contribution in [2.75, 3.05) is 25.9 Å². The lowest BCUT2D eigenvalue weighted by Gasteiger charge is -2.34. The van der Waals surface area contributed by atoms with Gasteiger partial charge in [0.1, 0.15) is 0 Å². The minimum Gasteiger partial charge on any atom is -0.340 e. The summed E-state index contributed by atoms with van der Waals surface area (Å²) in [5, 5.41) is 0. The number of fused-ring (bicyclic) bond motifs is 1. The number of sulfonamides is 1. The Kier molecular flexibility index (Phi) is 3.64. The molecule has 2 fully saturated rings. The van der Waals surface area contributed by atoms with Gasteiger partial charge >= 0.3 is 0 Å². The molecule has 2 saturated heterocycles. The smallest absolute Gasteiger partial charge is 0.228 e. The Morgan fingerprint density at radius 2 is 2.05 bits per heavy atom. The number of hydrogen-bond acceptors (Lipinski definition) is 3. The zero-order valence-corrected chi connectivity index (χ0v) is 13.6. The molecule has 0 spiro atoms. The molecule has 2 aliphatic heterocycles. The number of hydrogen-bond donors (Lipinski definition) is 0. The third kappa shape index (κ3) is 2.63. The van der Waals surface area contributed by atoms with Crippen molar-refractivity contribution in [3.05, 3.63) is 12.2 Å². The van der Waals surface area contributed by atoms with Crippen LogP contribution in [0.25, 0.3) is 0 Å². The van der Waals surface area contributed by atoms with Crippen LogP contribution < -0.4 is 0 Å². The molecule has 0 radical (unpaired) electrons. The number of rotatable bonds is 2. The molecule has 0 aromatic rings. The number of allylic oxidation sites excluding steroid dienone is 2. The predicted molar refractivity (Wildman–Crippen MR) is 81.1 cm³/mol. The lowest BCUT2D eigenvalue weighted by Crippen LogP contribution is -2.44. The van der Waals surface area contributed by atoms with Crippen LogP contribution in [0.2, 0.25) is 0 Å². The number of carbonyl (C=O) groups excluding carboxylic acids is 1. The Labute approximate surface area is 127 Å². The van der Waals surface area contributed by atoms with Crippen LogP contribution in [0.4, 0.5) is 0 Å². The van der Waals surface area contributed by atoms with Gasteiger partial charge in [-0.3, -0.25) is 4.79 Å². The molecule has 21 heavy (non-hydrogen) atoms. The van der Waals surface area contributed by atoms with Gasteiger partial charge in [0.2, 0.25) is 15.9 Å². The van der Waals surface area contributed by atoms with Gasteiger partial charge in [-0.05, 0) is 31.6 Å². The van der Waals surface area contributed by atoms with E-state index < -0.39 is 10.0 Å². The molecule has 0 bridgehead atoms. The molecule has 0 N–H and O–H groups in total. The van der Waals surface area contributed by atoms with E-state index in [1.165, 1.54) is 6.26 Å². The molecule has 5 nitrogen and oxygen atoms in total. The minimum absolute atomic E-state index is 0.00770. The quantitative estimate of drug-likeness (QED) is 0.721. The Bertz CT molecular complexity index is 571. The number of carbonyl (C=O) groups is 1. The van der Waals surface area contributed by atoms with Crippen LogP contribution in [-0.2, 0) is 14.8 Å². The maximum absolute atomic E-state index is 12.8. The number of likely N-dealkylation sites (tertiary alicyclic amines) is 1. The lowest BCUT2D eigenvalue weighted by molar-refractivity contribution is -0.141. The summed E-state index contributed by atoms with van der Waals surface area (Å²) in [6, 6.07) is -0.00770. The predicted octanol–water partition coefficient (Wildman–Crippen LogP) is 1.23. The summed E-state index contributed by atoms with van der Waals surface area (Å²) in [6.07, 6.45) is 9.03. The number of nitrogens with zero attached hydrogens (tertiary/aromatic N) is 2. The standard InChI is InChI=1S/C15H24N2O3S/c1-15(7-4-3-5-8-15)14(18)16-10-12-6-9-17(13(12)11-16)21(2,19)20/h3-4,12-13H,5-11H2,1-2H3/t12-,13+,15?/m1/s1. The van der Waals surface area contributed by atoms with E-state index in [-0.39, 0.29) is 17.4 Å². The zero-order valence-electron chi connectivity index (χ0n) is 12.8. The molecule has 2 heterocycles. The highest BCUT2D eigenvalue weighted by Gasteiger charge is 2.48. The van der Waals surface area contributed by atoms with Crippen molar-refractivity contribution in [3.63, 3.8) is 0 Å². The Morgan fingerprint density at radius 3 is 2.67 bits per heavy atom. The molecule has 6 heteroatoms. The first-order chi connectivity index (χ1) is 9.81. The first-order valence-electron chi connectivity index (χ1n) is 7.72. The molecule has 3 atom stereocenters. The molecule has 1 aliphatic carbocycles. The van der Waals surface area contributed by atoms with Crippen LogP contribution in [-0.4, -0.2) is 55.5 Å². The third-order valence-electron chi connectivity index (χ3n) is 5.32. The van der Waals surface area contributed by atoms with Gasteiger partial charge in [-0.1, -0.05) is 19.1 Å². The second-order valence-electron chi connectivity index (χ2n) is 6.97. The van der Waals surface area contributed by atoms with Crippen LogP contribution in [0.3, 0.4) is 0 Å². The van der Waals surface area contributed by atoms with Crippen molar-refractivity contribution in [2.24, 2.45) is 11.3 Å². The van der Waals surface area contributed by atoms with Gasteiger partial charge in [0.05, 0.1) is 11.7 Å². The van der Waals surface area contributed by atoms with Gasteiger partial charge in [0.25, 0.3) is 0 Å². The highest BCUT2D eigenvalue weighted by atomic mass is 32.2. The average Bonchev–Trinajstić information content (AvgIpc) is 2.96. The van der Waals surface area contributed by atoms with Crippen LogP contribution in [0.15, 0.2) is 12.2 Å². The largest absolute Gasteiger partial charge is 0.340 e. The average molecular weight is 312 g/mol. The highest BCUT2D eigenvalue weighted by Crippen LogP contribution is 2.39. The summed E-state index contributed by atoms with van der Waals surface area (Å²) >= 11 is 0. The lowest BCUT2D eigenvalue weighted by atomic mass is 9.78. The second kappa shape index (κ2) is 5.09. The molecular formula is C15H24N2O3S. The maximum Gasteiger partial charge on any atom is 0.228 e. The van der Waals surface area contributed by atoms with Crippen LogP contribution in [0.5, 0.6) is 0 Å². The van der Waals surface area contributed by atoms with E-state index in [0.717, 1.165) is 32.2 Å². The zero-order chi connectivity index (χ0) is 15.3. The maximum atomic E-state index is 12.8. The molecular weight excluding hydrogens is 288 g/mol. The Morgan fingerprint density at radius 1 is 1.29 bits per heavy atom. The molecule has 3 rings (SSSR count). The van der Waals surface area contributed by atoms with E-state index in [1.54, 1.807) is 4.31 Å². The second-order valence-corrected chi connectivity index (χ2v) is 8.91. The van der Waals surface area contributed by atoms with E-state index in [9.17, 15) is 13.2 Å². The van der Waals surface area contributed by atoms with Crippen molar-refractivity contribution < 1.29 is 13.2 Å². The first-order valence-corrected chi connectivity index (χ1v) is 9.57. The number of amides is 1. The fraction of sp³-hybridized carbons (Fsp3) is 0.800. The minimum atomic E-state index is -3.16. The fourth-order valence-electron chi connectivity index (χ4n) is 4.04. The van der Waals surface area contributed by atoms with Gasteiger partial charge in [-0.15, -0.1) is 0 Å². The van der Waals surface area contributed by atoms with Gasteiger partial charge < -0.3 is 4.90 Å². The Hall–Kier alpha value is -0.880. The molecule has 1 amide bonds. The summed E-state index contributed by atoms with van der Waals surface area (Å²) in [4.78, 5) is 14.7. The van der Waals surface area contributed by atoms with Crippen LogP contribution in [0, 0.1) is 11.3 Å². The van der Waals surface area contributed by atoms with Crippen LogP contribution >= 0.6 is 0 Å². The summed E-state index contributed by atoms with van der Waals surface area (Å²) in [6.45, 7) is 3.93. The van der Waals surface area contributed by atoms with E-state index >= 15 is 0 Å². The van der Waals surface area contributed by atoms with Crippen molar-refractivity contribution in [1.82, 2.24) is 9.21 Å². The summed E-state index contributed by atoms with van der Waals surface area (Å²) in [5.41, 5.74) is -0.302. The molecule has 3 aliphatic rings. The molecule has 0 saturated carbocycles. The molecule has 0 aromatic carbocycles. The summed E-state index contributed by atoms with van der Waals surface area (Å²) in [5.74, 6) is 0.515. The van der Waals surface area contributed by atoms with Crippen LogP contribution in [0.1, 0.15) is 32.6 Å².